The molecule has 0 unspecified atom stereocenters. The lowest BCUT2D eigenvalue weighted by atomic mass is 10.2. The Hall–Kier alpha value is -1.94. The Labute approximate surface area is 112 Å². The number of hydrogen-bond donors (Lipinski definition) is 1. The van der Waals surface area contributed by atoms with Crippen LogP contribution in [0.3, 0.4) is 0 Å². The zero-order valence-corrected chi connectivity index (χ0v) is 11.0. The Bertz CT molecular complexity index is 611. The Morgan fingerprint density at radius 2 is 2.16 bits per heavy atom. The zero-order chi connectivity index (χ0) is 13.2. The van der Waals surface area contributed by atoms with Gasteiger partial charge in [-0.1, -0.05) is 24.3 Å². The molecule has 4 heteroatoms. The topological polar surface area (TPSA) is 45.2 Å². The van der Waals surface area contributed by atoms with Crippen LogP contribution in [0, 0.1) is 0 Å². The van der Waals surface area contributed by atoms with Gasteiger partial charge in [0.2, 0.25) is 5.91 Å². The van der Waals surface area contributed by atoms with Gasteiger partial charge in [-0.15, -0.1) is 0 Å². The number of carbonyl (C=O) groups excluding carboxylic acids is 1. The second-order valence-electron chi connectivity index (χ2n) is 5.04. The fraction of sp³-hybridized carbons (Fsp3) is 0.333. The molecule has 1 N–H and O–H groups in total. The molecule has 0 saturated carbocycles. The molecule has 1 aromatic carbocycles. The van der Waals surface area contributed by atoms with Crippen LogP contribution in [-0.2, 0) is 4.79 Å². The number of hydrogen-bond acceptors (Lipinski definition) is 3. The van der Waals surface area contributed by atoms with Crippen molar-refractivity contribution in [3.63, 3.8) is 0 Å². The second-order valence-corrected chi connectivity index (χ2v) is 5.04. The summed E-state index contributed by atoms with van der Waals surface area (Å²) in [6, 6.07) is 9.90. The minimum atomic E-state index is -0.0201. The number of anilines is 1. The van der Waals surface area contributed by atoms with E-state index >= 15 is 0 Å². The normalized spacial score (nSPS) is 19.7. The van der Waals surface area contributed by atoms with Crippen LogP contribution in [0.4, 0.5) is 5.82 Å². The summed E-state index contributed by atoms with van der Waals surface area (Å²) < 4.78 is 0. The standard InChI is InChI=1S/C15H17N3O/c1-18-8-4-7-13(18)15(19)17-14-9-11-5-2-3-6-12(11)10-16-14/h2-3,5-6,9-10,13H,4,7-8H2,1H3,(H,16,17,19)/t13-/m0/s1. The summed E-state index contributed by atoms with van der Waals surface area (Å²) in [7, 11) is 1.99. The van der Waals surface area contributed by atoms with Crippen LogP contribution < -0.4 is 5.32 Å². The third-order valence-corrected chi connectivity index (χ3v) is 3.71. The van der Waals surface area contributed by atoms with E-state index < -0.39 is 0 Å². The molecule has 1 amide bonds. The van der Waals surface area contributed by atoms with Crippen molar-refractivity contribution in [3.05, 3.63) is 36.5 Å². The average molecular weight is 255 g/mol. The fourth-order valence-corrected chi connectivity index (χ4v) is 2.60. The van der Waals surface area contributed by atoms with Gasteiger partial charge in [0.15, 0.2) is 0 Å². The Kier molecular flexibility index (Phi) is 3.17. The summed E-state index contributed by atoms with van der Waals surface area (Å²) in [5.41, 5.74) is 0. The molecule has 4 nitrogen and oxygen atoms in total. The Balaban J connectivity index is 1.79. The van der Waals surface area contributed by atoms with E-state index in [1.54, 1.807) is 6.20 Å². The van der Waals surface area contributed by atoms with E-state index in [0.29, 0.717) is 5.82 Å². The number of benzene rings is 1. The van der Waals surface area contributed by atoms with Gasteiger partial charge in [0.25, 0.3) is 0 Å². The maximum atomic E-state index is 12.2. The molecule has 19 heavy (non-hydrogen) atoms. The number of pyridine rings is 1. The lowest BCUT2D eigenvalue weighted by molar-refractivity contribution is -0.119. The number of likely N-dealkylation sites (N-methyl/N-ethyl adjacent to an activating group) is 1. The zero-order valence-electron chi connectivity index (χ0n) is 11.0. The smallest absolute Gasteiger partial charge is 0.242 e. The van der Waals surface area contributed by atoms with Gasteiger partial charge in [0.1, 0.15) is 5.82 Å². The maximum Gasteiger partial charge on any atom is 0.242 e. The molecule has 2 heterocycles. The van der Waals surface area contributed by atoms with Crippen molar-refractivity contribution in [2.45, 2.75) is 18.9 Å². The van der Waals surface area contributed by atoms with Crippen LogP contribution in [-0.4, -0.2) is 35.4 Å². The summed E-state index contributed by atoms with van der Waals surface area (Å²) in [5, 5.41) is 5.09. The number of amides is 1. The quantitative estimate of drug-likeness (QED) is 0.895. The highest BCUT2D eigenvalue weighted by atomic mass is 16.2. The maximum absolute atomic E-state index is 12.2. The molecule has 0 aliphatic carbocycles. The van der Waals surface area contributed by atoms with Gasteiger partial charge in [-0.05, 0) is 37.9 Å². The van der Waals surface area contributed by atoms with Crippen LogP contribution in [0.5, 0.6) is 0 Å². The molecule has 0 spiro atoms. The number of fused-ring (bicyclic) bond motifs is 1. The molecule has 0 radical (unpaired) electrons. The molecule has 1 aliphatic heterocycles. The first-order valence-corrected chi connectivity index (χ1v) is 6.60. The molecule has 0 bridgehead atoms. The minimum Gasteiger partial charge on any atom is -0.309 e. The van der Waals surface area contributed by atoms with Crippen LogP contribution in [0.15, 0.2) is 36.5 Å². The van der Waals surface area contributed by atoms with Crippen molar-refractivity contribution in [2.24, 2.45) is 0 Å². The molecule has 1 saturated heterocycles. The first-order valence-electron chi connectivity index (χ1n) is 6.60. The first kappa shape index (κ1) is 12.1. The fourth-order valence-electron chi connectivity index (χ4n) is 2.60. The van der Waals surface area contributed by atoms with Crippen LogP contribution in [0.25, 0.3) is 10.8 Å². The van der Waals surface area contributed by atoms with Crippen molar-refractivity contribution in [3.8, 4) is 0 Å². The third kappa shape index (κ3) is 2.44. The Morgan fingerprint density at radius 3 is 2.89 bits per heavy atom. The molecule has 2 aromatic rings. The second kappa shape index (κ2) is 4.97. The highest BCUT2D eigenvalue weighted by molar-refractivity contribution is 5.96. The predicted octanol–water partition coefficient (Wildman–Crippen LogP) is 2.27. The van der Waals surface area contributed by atoms with Gasteiger partial charge in [-0.3, -0.25) is 9.69 Å². The molecular formula is C15H17N3O. The van der Waals surface area contributed by atoms with Gasteiger partial charge in [0.05, 0.1) is 6.04 Å². The third-order valence-electron chi connectivity index (χ3n) is 3.71. The van der Waals surface area contributed by atoms with Gasteiger partial charge >= 0.3 is 0 Å². The number of nitrogens with zero attached hydrogens (tertiary/aromatic N) is 2. The largest absolute Gasteiger partial charge is 0.309 e. The van der Waals surface area contributed by atoms with E-state index in [0.717, 1.165) is 30.2 Å². The van der Waals surface area contributed by atoms with Crippen molar-refractivity contribution in [2.75, 3.05) is 18.9 Å². The number of aromatic nitrogens is 1. The first-order chi connectivity index (χ1) is 9.24. The molecule has 98 valence electrons. The van der Waals surface area contributed by atoms with E-state index in [1.807, 2.05) is 37.4 Å². The van der Waals surface area contributed by atoms with Crippen molar-refractivity contribution in [1.29, 1.82) is 0 Å². The summed E-state index contributed by atoms with van der Waals surface area (Å²) in [5.74, 6) is 0.673. The lowest BCUT2D eigenvalue weighted by Gasteiger charge is -2.18. The summed E-state index contributed by atoms with van der Waals surface area (Å²) in [6.07, 6.45) is 3.80. The van der Waals surface area contributed by atoms with E-state index in [2.05, 4.69) is 15.2 Å². The van der Waals surface area contributed by atoms with Crippen LogP contribution in [0.2, 0.25) is 0 Å². The molecule has 3 rings (SSSR count). The van der Waals surface area contributed by atoms with Gasteiger partial charge in [0, 0.05) is 11.6 Å². The highest BCUT2D eigenvalue weighted by Crippen LogP contribution is 2.19. The Morgan fingerprint density at radius 1 is 1.37 bits per heavy atom. The van der Waals surface area contributed by atoms with Crippen molar-refractivity contribution in [1.82, 2.24) is 9.88 Å². The highest BCUT2D eigenvalue weighted by Gasteiger charge is 2.27. The van der Waals surface area contributed by atoms with Crippen molar-refractivity contribution >= 4 is 22.5 Å². The molecule has 1 aliphatic rings. The summed E-state index contributed by atoms with van der Waals surface area (Å²) >= 11 is 0. The number of carbonyl (C=O) groups is 1. The SMILES string of the molecule is CN1CCC[C@H]1C(=O)Nc1cc2ccccc2cn1. The minimum absolute atomic E-state index is 0.0201. The predicted molar refractivity (Wildman–Crippen MR) is 76.0 cm³/mol. The van der Waals surface area contributed by atoms with E-state index in [4.69, 9.17) is 0 Å². The lowest BCUT2D eigenvalue weighted by Crippen LogP contribution is -2.37. The monoisotopic (exact) mass is 255 g/mol. The van der Waals surface area contributed by atoms with E-state index in [1.165, 1.54) is 0 Å². The molecular weight excluding hydrogens is 238 g/mol. The summed E-state index contributed by atoms with van der Waals surface area (Å²) in [6.45, 7) is 0.989. The number of rotatable bonds is 2. The number of nitrogens with one attached hydrogen (secondary N) is 1. The van der Waals surface area contributed by atoms with Crippen LogP contribution in [0.1, 0.15) is 12.8 Å². The number of likely N-dealkylation sites (tertiary alicyclic amines) is 1. The average Bonchev–Trinajstić information content (AvgIpc) is 2.85. The molecule has 1 aromatic heterocycles. The van der Waals surface area contributed by atoms with Gasteiger partial charge in [-0.2, -0.15) is 0 Å². The molecule has 1 fully saturated rings. The molecule has 1 atom stereocenters. The van der Waals surface area contributed by atoms with E-state index in [9.17, 15) is 4.79 Å². The van der Waals surface area contributed by atoms with E-state index in [-0.39, 0.29) is 11.9 Å². The van der Waals surface area contributed by atoms with Crippen molar-refractivity contribution < 1.29 is 4.79 Å². The van der Waals surface area contributed by atoms with Gasteiger partial charge in [-0.25, -0.2) is 4.98 Å². The van der Waals surface area contributed by atoms with Gasteiger partial charge < -0.3 is 5.32 Å². The van der Waals surface area contributed by atoms with Crippen LogP contribution >= 0.6 is 0 Å². The summed E-state index contributed by atoms with van der Waals surface area (Å²) in [4.78, 5) is 18.6.